The van der Waals surface area contributed by atoms with Crippen molar-refractivity contribution in [1.29, 1.82) is 0 Å². The minimum atomic E-state index is -1.02. The van der Waals surface area contributed by atoms with Crippen LogP contribution in [0.5, 0.6) is 0 Å². The third kappa shape index (κ3) is 6.07. The topological polar surface area (TPSA) is 125 Å². The van der Waals surface area contributed by atoms with Crippen LogP contribution in [-0.4, -0.2) is 34.7 Å². The Hall–Kier alpha value is -3.44. The normalized spacial score (nSPS) is 11.4. The number of nitrogens with two attached hydrogens (primary N) is 1. The lowest BCUT2D eigenvalue weighted by Crippen LogP contribution is -2.50. The van der Waals surface area contributed by atoms with Crippen molar-refractivity contribution < 1.29 is 19.9 Å². The van der Waals surface area contributed by atoms with Gasteiger partial charge >= 0.3 is 0 Å². The molecule has 2 rings (SSSR count). The van der Waals surface area contributed by atoms with Gasteiger partial charge in [-0.3, -0.25) is 14.8 Å². The van der Waals surface area contributed by atoms with E-state index in [1.54, 1.807) is 30.3 Å². The van der Waals surface area contributed by atoms with Gasteiger partial charge in [0, 0.05) is 17.7 Å². The molecule has 0 unspecified atom stereocenters. The van der Waals surface area contributed by atoms with Crippen molar-refractivity contribution >= 4 is 17.9 Å². The Bertz CT molecular complexity index is 894. The quantitative estimate of drug-likeness (QED) is 0.289. The van der Waals surface area contributed by atoms with Crippen molar-refractivity contribution in [2.24, 2.45) is 5.73 Å². The Balaban J connectivity index is 1.97. The van der Waals surface area contributed by atoms with Crippen molar-refractivity contribution in [3.05, 3.63) is 76.9 Å². The minimum Gasteiger partial charge on any atom is -0.392 e. The lowest BCUT2D eigenvalue weighted by Gasteiger charge is -2.14. The van der Waals surface area contributed by atoms with Crippen LogP contribution in [0.25, 0.3) is 6.08 Å². The Morgan fingerprint density at radius 1 is 1.11 bits per heavy atom. The molecule has 0 aliphatic carbocycles. The van der Waals surface area contributed by atoms with Gasteiger partial charge in [-0.15, -0.1) is 0 Å². The van der Waals surface area contributed by atoms with E-state index in [0.717, 1.165) is 16.7 Å². The van der Waals surface area contributed by atoms with Crippen LogP contribution in [-0.2, 0) is 11.4 Å². The third-order valence-electron chi connectivity index (χ3n) is 3.85. The van der Waals surface area contributed by atoms with Crippen LogP contribution in [0.1, 0.15) is 27.0 Å². The highest BCUT2D eigenvalue weighted by Gasteiger charge is 2.19. The summed E-state index contributed by atoms with van der Waals surface area (Å²) in [6, 6.07) is 13.0. The summed E-state index contributed by atoms with van der Waals surface area (Å²) in [6.07, 6.45) is 3.57. The molecule has 0 fully saturated rings. The van der Waals surface area contributed by atoms with E-state index in [-0.39, 0.29) is 13.2 Å². The number of allylic oxidation sites excluding steroid dienone is 1. The average Bonchev–Trinajstić information content (AvgIpc) is 2.75. The highest BCUT2D eigenvalue weighted by molar-refractivity contribution is 5.97. The Morgan fingerprint density at radius 2 is 1.79 bits per heavy atom. The van der Waals surface area contributed by atoms with Gasteiger partial charge in [-0.2, -0.15) is 0 Å². The number of amides is 2. The lowest BCUT2D eigenvalue weighted by atomic mass is 10.1. The fourth-order valence-corrected chi connectivity index (χ4v) is 2.25. The number of hydroxylamine groups is 1. The summed E-state index contributed by atoms with van der Waals surface area (Å²) < 4.78 is 0. The number of aliphatic hydroxyl groups excluding tert-OH is 1. The first-order chi connectivity index (χ1) is 13.6. The third-order valence-corrected chi connectivity index (χ3v) is 3.85. The fourth-order valence-electron chi connectivity index (χ4n) is 2.25. The van der Waals surface area contributed by atoms with Crippen LogP contribution < -0.4 is 16.5 Å². The number of aliphatic hydroxyl groups is 1. The standard InChI is InChI=1S/C21H21N3O4/c22-13-19(21(27)24-28)23-20(26)18-11-9-16(10-12-18)4-2-1-3-15-5-7-17(14-25)8-6-15/h1,3,5-12,19,25,28H,13-14,22H2,(H,23,26)(H,24,27)/t19-/m0/s1. The van der Waals surface area contributed by atoms with Gasteiger partial charge in [0.25, 0.3) is 11.8 Å². The van der Waals surface area contributed by atoms with Gasteiger partial charge in [-0.25, -0.2) is 5.48 Å². The average molecular weight is 379 g/mol. The van der Waals surface area contributed by atoms with E-state index in [1.165, 1.54) is 5.48 Å². The zero-order chi connectivity index (χ0) is 20.4. The maximum atomic E-state index is 12.1. The zero-order valence-electron chi connectivity index (χ0n) is 15.1. The molecule has 144 valence electrons. The first-order valence-corrected chi connectivity index (χ1v) is 8.50. The van der Waals surface area contributed by atoms with E-state index in [4.69, 9.17) is 16.0 Å². The fraction of sp³-hybridized carbons (Fsp3) is 0.143. The van der Waals surface area contributed by atoms with Gasteiger partial charge in [-0.05, 0) is 47.5 Å². The van der Waals surface area contributed by atoms with E-state index in [0.29, 0.717) is 5.56 Å². The molecule has 0 aliphatic heterocycles. The van der Waals surface area contributed by atoms with Gasteiger partial charge in [0.1, 0.15) is 6.04 Å². The van der Waals surface area contributed by atoms with Crippen LogP contribution in [0.3, 0.4) is 0 Å². The molecule has 0 spiro atoms. The van der Waals surface area contributed by atoms with Crippen molar-refractivity contribution in [3.63, 3.8) is 0 Å². The summed E-state index contributed by atoms with van der Waals surface area (Å²) in [7, 11) is 0. The highest BCUT2D eigenvalue weighted by Crippen LogP contribution is 2.06. The molecule has 6 N–H and O–H groups in total. The van der Waals surface area contributed by atoms with E-state index in [2.05, 4.69) is 17.2 Å². The molecule has 0 heterocycles. The molecule has 0 bridgehead atoms. The smallest absolute Gasteiger partial charge is 0.267 e. The molecular weight excluding hydrogens is 358 g/mol. The minimum absolute atomic E-state index is 0.0132. The molecular formula is C21H21N3O4. The molecule has 0 radical (unpaired) electrons. The second-order valence-electron chi connectivity index (χ2n) is 5.82. The van der Waals surface area contributed by atoms with Gasteiger partial charge in [0.15, 0.2) is 0 Å². The van der Waals surface area contributed by atoms with Crippen LogP contribution in [0.4, 0.5) is 0 Å². The summed E-state index contributed by atoms with van der Waals surface area (Å²) in [6.45, 7) is -0.129. The summed E-state index contributed by atoms with van der Waals surface area (Å²) in [5.41, 5.74) is 9.75. The van der Waals surface area contributed by atoms with E-state index < -0.39 is 17.9 Å². The monoisotopic (exact) mass is 379 g/mol. The number of hydrogen-bond acceptors (Lipinski definition) is 5. The zero-order valence-corrected chi connectivity index (χ0v) is 15.1. The molecule has 28 heavy (non-hydrogen) atoms. The molecule has 7 nitrogen and oxygen atoms in total. The first kappa shape index (κ1) is 20.9. The lowest BCUT2D eigenvalue weighted by molar-refractivity contribution is -0.130. The van der Waals surface area contributed by atoms with Crippen LogP contribution >= 0.6 is 0 Å². The van der Waals surface area contributed by atoms with Crippen molar-refractivity contribution in [3.8, 4) is 11.8 Å². The summed E-state index contributed by atoms with van der Waals surface area (Å²) >= 11 is 0. The largest absolute Gasteiger partial charge is 0.392 e. The molecule has 2 aromatic rings. The van der Waals surface area contributed by atoms with Gasteiger partial charge in [-0.1, -0.05) is 36.1 Å². The van der Waals surface area contributed by atoms with Crippen molar-refractivity contribution in [1.82, 2.24) is 10.8 Å². The molecule has 2 amide bonds. The van der Waals surface area contributed by atoms with Crippen molar-refractivity contribution in [2.75, 3.05) is 6.54 Å². The summed E-state index contributed by atoms with van der Waals surface area (Å²) in [4.78, 5) is 23.5. The predicted molar refractivity (Wildman–Crippen MR) is 105 cm³/mol. The Labute approximate surface area is 162 Å². The van der Waals surface area contributed by atoms with Crippen LogP contribution in [0, 0.1) is 11.8 Å². The van der Waals surface area contributed by atoms with Crippen LogP contribution in [0.15, 0.2) is 54.6 Å². The summed E-state index contributed by atoms with van der Waals surface area (Å²) in [5, 5.41) is 20.1. The number of benzene rings is 2. The summed E-state index contributed by atoms with van der Waals surface area (Å²) in [5.74, 6) is 4.61. The Morgan fingerprint density at radius 3 is 2.36 bits per heavy atom. The molecule has 0 aliphatic rings. The number of hydrogen-bond donors (Lipinski definition) is 5. The second kappa shape index (κ2) is 10.6. The van der Waals surface area contributed by atoms with Crippen LogP contribution in [0.2, 0.25) is 0 Å². The van der Waals surface area contributed by atoms with Gasteiger partial charge in [0.05, 0.1) is 6.61 Å². The molecule has 1 atom stereocenters. The highest BCUT2D eigenvalue weighted by atomic mass is 16.5. The predicted octanol–water partition coefficient (Wildman–Crippen LogP) is 0.806. The van der Waals surface area contributed by atoms with Crippen molar-refractivity contribution in [2.45, 2.75) is 12.6 Å². The van der Waals surface area contributed by atoms with Gasteiger partial charge in [0.2, 0.25) is 0 Å². The number of nitrogens with one attached hydrogen (secondary N) is 2. The number of rotatable bonds is 6. The maximum Gasteiger partial charge on any atom is 0.267 e. The molecule has 2 aromatic carbocycles. The maximum absolute atomic E-state index is 12.1. The van der Waals surface area contributed by atoms with E-state index in [1.807, 2.05) is 30.3 Å². The second-order valence-corrected chi connectivity index (χ2v) is 5.82. The number of carbonyl (C=O) groups is 2. The Kier molecular flexibility index (Phi) is 7.93. The molecule has 0 saturated carbocycles. The van der Waals surface area contributed by atoms with E-state index in [9.17, 15) is 9.59 Å². The molecule has 0 aromatic heterocycles. The molecule has 7 heteroatoms. The number of carbonyl (C=O) groups excluding carboxylic acids is 2. The first-order valence-electron chi connectivity index (χ1n) is 8.50. The van der Waals surface area contributed by atoms with Gasteiger partial charge < -0.3 is 16.2 Å². The molecule has 0 saturated heterocycles. The SMILES string of the molecule is NC[C@H](NC(=O)c1ccc(C#CC=Cc2ccc(CO)cc2)cc1)C(=O)NO. The van der Waals surface area contributed by atoms with E-state index >= 15 is 0 Å².